The molecule has 1 amide bonds. The monoisotopic (exact) mass is 575 g/mol. The number of hydrogen-bond acceptors (Lipinski definition) is 7. The van der Waals surface area contributed by atoms with Crippen molar-refractivity contribution in [2.75, 3.05) is 24.3 Å². The van der Waals surface area contributed by atoms with Gasteiger partial charge in [-0.1, -0.05) is 31.9 Å². The van der Waals surface area contributed by atoms with Crippen LogP contribution in [0.15, 0.2) is 51.4 Å². The quantitative estimate of drug-likeness (QED) is 0.256. The van der Waals surface area contributed by atoms with Crippen molar-refractivity contribution in [3.8, 4) is 5.75 Å². The number of ether oxygens (including phenoxy) is 3. The number of hydrogen-bond donors (Lipinski definition) is 3. The Balaban J connectivity index is 2.24. The van der Waals surface area contributed by atoms with E-state index in [0.29, 0.717) is 22.3 Å². The van der Waals surface area contributed by atoms with Crippen LogP contribution < -0.4 is 5.32 Å². The molecule has 0 aromatic heterocycles. The molecule has 0 fully saturated rings. The van der Waals surface area contributed by atoms with Crippen molar-refractivity contribution in [3.63, 3.8) is 0 Å². The topological polar surface area (TPSA) is 94.1 Å². The van der Waals surface area contributed by atoms with Gasteiger partial charge < -0.3 is 19.3 Å². The van der Waals surface area contributed by atoms with E-state index in [2.05, 4.69) is 49.8 Å². The molecule has 2 atom stereocenters. The first-order chi connectivity index (χ1) is 14.8. The van der Waals surface area contributed by atoms with Crippen LogP contribution in [0.5, 0.6) is 5.75 Å². The van der Waals surface area contributed by atoms with E-state index < -0.39 is 24.3 Å². The van der Waals surface area contributed by atoms with Crippen LogP contribution in [0.4, 0.5) is 10.5 Å². The first-order valence-corrected chi connectivity index (χ1v) is 11.7. The smallest absolute Gasteiger partial charge is 0.412 e. The van der Waals surface area contributed by atoms with Crippen LogP contribution in [-0.2, 0) is 19.0 Å². The van der Waals surface area contributed by atoms with Gasteiger partial charge in [-0.3, -0.25) is 10.1 Å². The zero-order valence-corrected chi connectivity index (χ0v) is 20.8. The van der Waals surface area contributed by atoms with Crippen molar-refractivity contribution in [3.05, 3.63) is 57.0 Å². The van der Waals surface area contributed by atoms with Crippen LogP contribution in [0.1, 0.15) is 25.0 Å². The van der Waals surface area contributed by atoms with Crippen molar-refractivity contribution in [1.29, 1.82) is 0 Å². The Morgan fingerprint density at radius 1 is 1.13 bits per heavy atom. The molecule has 0 spiro atoms. The summed E-state index contributed by atoms with van der Waals surface area (Å²) in [5, 5.41) is 13.1. The highest BCUT2D eigenvalue weighted by Crippen LogP contribution is 2.34. The van der Waals surface area contributed by atoms with E-state index in [0.717, 1.165) is 4.47 Å². The number of benzene rings is 2. The lowest BCUT2D eigenvalue weighted by atomic mass is 10.0. The summed E-state index contributed by atoms with van der Waals surface area (Å²) in [6, 6.07) is 11.8. The van der Waals surface area contributed by atoms with E-state index in [1.54, 1.807) is 43.3 Å². The van der Waals surface area contributed by atoms with Gasteiger partial charge in [-0.2, -0.15) is 12.6 Å². The third-order valence-corrected chi connectivity index (χ3v) is 5.41. The molecule has 2 rings (SSSR count). The molecule has 2 N–H and O–H groups in total. The van der Waals surface area contributed by atoms with Crippen molar-refractivity contribution in [2.24, 2.45) is 0 Å². The molecule has 2 aromatic carbocycles. The van der Waals surface area contributed by atoms with E-state index in [9.17, 15) is 14.7 Å². The molecule has 10 heteroatoms. The van der Waals surface area contributed by atoms with Crippen LogP contribution in [-0.4, -0.2) is 42.2 Å². The Kier molecular flexibility index (Phi) is 10.7. The highest BCUT2D eigenvalue weighted by atomic mass is 79.9. The molecule has 0 saturated heterocycles. The zero-order valence-electron chi connectivity index (χ0n) is 16.7. The Bertz CT molecular complexity index is 881. The summed E-state index contributed by atoms with van der Waals surface area (Å²) in [5.41, 5.74) is 0.903. The summed E-state index contributed by atoms with van der Waals surface area (Å²) in [6.45, 7) is 2.17. The fraction of sp³-hybridized carbons (Fsp3) is 0.333. The molecule has 31 heavy (non-hydrogen) atoms. The van der Waals surface area contributed by atoms with Gasteiger partial charge in [0.25, 0.3) is 0 Å². The van der Waals surface area contributed by atoms with E-state index in [1.807, 2.05) is 0 Å². The number of phenolic OH excluding ortho intramolecular Hbond substituents is 1. The standard InChI is InChI=1S/C21H23Br2NO6S/c1-2-28-18(9-10-29-19(26)12-31)20(16-11-14(23)5-8-17(16)25)30-21(27)24-15-6-3-13(22)4-7-15/h3-8,11,18,20,25,31H,2,9-10,12H2,1H3,(H,24,27)/t18-,20-/m1/s1. The maximum Gasteiger partial charge on any atom is 0.412 e. The van der Waals surface area contributed by atoms with E-state index in [1.165, 1.54) is 6.07 Å². The second-order valence-corrected chi connectivity index (χ2v) is 8.47. The molecule has 7 nitrogen and oxygen atoms in total. The average molecular weight is 577 g/mol. The molecule has 0 aliphatic carbocycles. The molecule has 0 heterocycles. The van der Waals surface area contributed by atoms with E-state index in [4.69, 9.17) is 14.2 Å². The zero-order chi connectivity index (χ0) is 22.8. The fourth-order valence-electron chi connectivity index (χ4n) is 2.76. The lowest BCUT2D eigenvalue weighted by Gasteiger charge is -2.28. The van der Waals surface area contributed by atoms with Gasteiger partial charge in [-0.15, -0.1) is 0 Å². The number of rotatable bonds is 10. The largest absolute Gasteiger partial charge is 0.508 e. The average Bonchev–Trinajstić information content (AvgIpc) is 2.75. The number of nitrogens with one attached hydrogen (secondary N) is 1. The molecular weight excluding hydrogens is 554 g/mol. The van der Waals surface area contributed by atoms with Crippen LogP contribution in [0.3, 0.4) is 0 Å². The summed E-state index contributed by atoms with van der Waals surface area (Å²) in [5.74, 6) is -0.558. The number of amides is 1. The minimum absolute atomic E-state index is 0.0404. The van der Waals surface area contributed by atoms with Gasteiger partial charge in [0, 0.05) is 33.2 Å². The van der Waals surface area contributed by atoms with Crippen molar-refractivity contribution in [2.45, 2.75) is 25.6 Å². The van der Waals surface area contributed by atoms with Gasteiger partial charge in [0.1, 0.15) is 11.9 Å². The molecule has 0 aliphatic rings. The first kappa shape index (κ1) is 25.5. The molecule has 0 radical (unpaired) electrons. The van der Waals surface area contributed by atoms with E-state index in [-0.39, 0.29) is 24.5 Å². The summed E-state index contributed by atoms with van der Waals surface area (Å²) in [7, 11) is 0. The number of aromatic hydroxyl groups is 1. The van der Waals surface area contributed by atoms with Crippen LogP contribution in [0.2, 0.25) is 0 Å². The van der Waals surface area contributed by atoms with E-state index >= 15 is 0 Å². The summed E-state index contributed by atoms with van der Waals surface area (Å²) >= 11 is 10.6. The minimum atomic E-state index is -0.956. The highest BCUT2D eigenvalue weighted by molar-refractivity contribution is 9.10. The van der Waals surface area contributed by atoms with Crippen molar-refractivity contribution in [1.82, 2.24) is 0 Å². The van der Waals surface area contributed by atoms with Crippen LogP contribution in [0.25, 0.3) is 0 Å². The Morgan fingerprint density at radius 3 is 2.45 bits per heavy atom. The van der Waals surface area contributed by atoms with Crippen LogP contribution >= 0.6 is 44.5 Å². The lowest BCUT2D eigenvalue weighted by Crippen LogP contribution is -2.30. The minimum Gasteiger partial charge on any atom is -0.508 e. The second-order valence-electron chi connectivity index (χ2n) is 6.32. The number of carbonyl (C=O) groups excluding carboxylic acids is 2. The number of phenols is 1. The third-order valence-electron chi connectivity index (χ3n) is 4.13. The fourth-order valence-corrected chi connectivity index (χ4v) is 3.49. The predicted molar refractivity (Wildman–Crippen MR) is 128 cm³/mol. The Hall–Kier alpha value is -1.75. The lowest BCUT2D eigenvalue weighted by molar-refractivity contribution is -0.142. The maximum absolute atomic E-state index is 12.6. The maximum atomic E-state index is 12.6. The van der Waals surface area contributed by atoms with Crippen molar-refractivity contribution < 1.29 is 28.9 Å². The summed E-state index contributed by atoms with van der Waals surface area (Å²) in [4.78, 5) is 24.0. The molecule has 0 unspecified atom stereocenters. The predicted octanol–water partition coefficient (Wildman–Crippen LogP) is 5.48. The molecule has 2 aromatic rings. The molecule has 0 saturated carbocycles. The van der Waals surface area contributed by atoms with Crippen molar-refractivity contribution >= 4 is 62.2 Å². The second kappa shape index (κ2) is 12.9. The SMILES string of the molecule is CCO[C@H](CCOC(=O)CS)[C@H](OC(=O)Nc1ccc(Br)cc1)c1cc(Br)ccc1O. The number of anilines is 1. The van der Waals surface area contributed by atoms with Gasteiger partial charge in [0.2, 0.25) is 0 Å². The van der Waals surface area contributed by atoms with Gasteiger partial charge in [0.15, 0.2) is 6.10 Å². The summed E-state index contributed by atoms with van der Waals surface area (Å²) < 4.78 is 18.1. The molecular formula is C21H23Br2NO6S. The Labute approximate surface area is 203 Å². The van der Waals surface area contributed by atoms with Gasteiger partial charge in [-0.25, -0.2) is 4.79 Å². The third kappa shape index (κ3) is 8.36. The Morgan fingerprint density at radius 2 is 1.81 bits per heavy atom. The molecule has 0 bridgehead atoms. The van der Waals surface area contributed by atoms with Gasteiger partial charge in [-0.05, 0) is 49.4 Å². The highest BCUT2D eigenvalue weighted by Gasteiger charge is 2.30. The normalized spacial score (nSPS) is 12.6. The van der Waals surface area contributed by atoms with Gasteiger partial charge >= 0.3 is 12.1 Å². The van der Waals surface area contributed by atoms with Crippen LogP contribution in [0, 0.1) is 0 Å². The molecule has 0 aliphatic heterocycles. The number of carbonyl (C=O) groups is 2. The number of halogens is 2. The van der Waals surface area contributed by atoms with Gasteiger partial charge in [0.05, 0.1) is 12.4 Å². The first-order valence-electron chi connectivity index (χ1n) is 9.43. The molecule has 168 valence electrons. The number of thiol groups is 1. The number of esters is 1. The summed E-state index contributed by atoms with van der Waals surface area (Å²) in [6.07, 6.45) is -2.10.